The van der Waals surface area contributed by atoms with Gasteiger partial charge in [0.1, 0.15) is 17.2 Å². The fourth-order valence-electron chi connectivity index (χ4n) is 1.54. The summed E-state index contributed by atoms with van der Waals surface area (Å²) >= 11 is 10.4. The Morgan fingerprint density at radius 3 is 2.42 bits per heavy atom. The molecule has 2 aromatic rings. The lowest BCUT2D eigenvalue weighted by atomic mass is 10.2. The highest BCUT2D eigenvalue weighted by molar-refractivity contribution is 9.10. The van der Waals surface area contributed by atoms with E-state index in [-0.39, 0.29) is 0 Å². The minimum Gasteiger partial charge on any atom is -0.497 e. The fourth-order valence-corrected chi connectivity index (χ4v) is 2.79. The molecule has 2 aromatic carbocycles. The van der Waals surface area contributed by atoms with Crippen molar-refractivity contribution >= 4 is 47.8 Å². The Morgan fingerprint density at radius 1 is 1.00 bits per heavy atom. The molecule has 0 aliphatic heterocycles. The van der Waals surface area contributed by atoms with Gasteiger partial charge in [0.25, 0.3) is 0 Å². The van der Waals surface area contributed by atoms with Gasteiger partial charge >= 0.3 is 0 Å². The molecule has 0 amide bonds. The molecule has 19 heavy (non-hydrogen) atoms. The molecule has 0 spiro atoms. The zero-order chi connectivity index (χ0) is 13.8. The monoisotopic (exact) mass is 448 g/mol. The van der Waals surface area contributed by atoms with Crippen LogP contribution in [0.2, 0.25) is 0 Å². The molecule has 0 atom stereocenters. The predicted octanol–water partition coefficient (Wildman–Crippen LogP) is 5.91. The SMILES string of the molecule is COc1ccc(Oc2cc(Br)ccc2CBr)c(Br)c1. The van der Waals surface area contributed by atoms with E-state index in [0.29, 0.717) is 0 Å². The van der Waals surface area contributed by atoms with Crippen LogP contribution in [0.3, 0.4) is 0 Å². The van der Waals surface area contributed by atoms with E-state index < -0.39 is 0 Å². The molecular weight excluding hydrogens is 440 g/mol. The molecule has 0 saturated heterocycles. The van der Waals surface area contributed by atoms with Gasteiger partial charge in [-0.2, -0.15) is 0 Å². The summed E-state index contributed by atoms with van der Waals surface area (Å²) in [5, 5.41) is 0.739. The summed E-state index contributed by atoms with van der Waals surface area (Å²) in [5.41, 5.74) is 1.09. The molecule has 0 heterocycles. The maximum Gasteiger partial charge on any atom is 0.141 e. The maximum atomic E-state index is 5.95. The summed E-state index contributed by atoms with van der Waals surface area (Å²) in [7, 11) is 1.64. The van der Waals surface area contributed by atoms with Crippen molar-refractivity contribution in [3.8, 4) is 17.2 Å². The second-order valence-corrected chi connectivity index (χ2v) is 6.11. The zero-order valence-electron chi connectivity index (χ0n) is 10.1. The quantitative estimate of drug-likeness (QED) is 0.539. The van der Waals surface area contributed by atoms with Crippen LogP contribution < -0.4 is 9.47 Å². The number of ether oxygens (including phenoxy) is 2. The molecule has 0 aliphatic rings. The fraction of sp³-hybridized carbons (Fsp3) is 0.143. The van der Waals surface area contributed by atoms with Gasteiger partial charge in [0.05, 0.1) is 11.6 Å². The second-order valence-electron chi connectivity index (χ2n) is 3.78. The maximum absolute atomic E-state index is 5.95. The lowest BCUT2D eigenvalue weighted by molar-refractivity contribution is 0.412. The van der Waals surface area contributed by atoms with E-state index in [1.54, 1.807) is 7.11 Å². The van der Waals surface area contributed by atoms with Crippen molar-refractivity contribution in [1.29, 1.82) is 0 Å². The Kier molecular flexibility index (Phi) is 5.30. The number of rotatable bonds is 4. The third-order valence-electron chi connectivity index (χ3n) is 2.53. The molecule has 0 aromatic heterocycles. The third-order valence-corrected chi connectivity index (χ3v) is 4.25. The summed E-state index contributed by atoms with van der Waals surface area (Å²) in [6.45, 7) is 0. The summed E-state index contributed by atoms with van der Waals surface area (Å²) in [6, 6.07) is 11.6. The van der Waals surface area contributed by atoms with Crippen LogP contribution in [0.15, 0.2) is 45.3 Å². The molecule has 0 aliphatic carbocycles. The Balaban J connectivity index is 2.33. The molecule has 2 rings (SSSR count). The van der Waals surface area contributed by atoms with Gasteiger partial charge in [-0.15, -0.1) is 0 Å². The number of methoxy groups -OCH3 is 1. The van der Waals surface area contributed by atoms with Crippen molar-refractivity contribution in [2.75, 3.05) is 7.11 Å². The molecule has 0 N–H and O–H groups in total. The van der Waals surface area contributed by atoms with Gasteiger partial charge in [0.15, 0.2) is 0 Å². The van der Waals surface area contributed by atoms with Gasteiger partial charge < -0.3 is 9.47 Å². The minimum absolute atomic E-state index is 0.739. The minimum atomic E-state index is 0.739. The van der Waals surface area contributed by atoms with Crippen LogP contribution >= 0.6 is 47.8 Å². The normalized spacial score (nSPS) is 10.3. The van der Waals surface area contributed by atoms with Crippen molar-refractivity contribution in [3.63, 3.8) is 0 Å². The topological polar surface area (TPSA) is 18.5 Å². The van der Waals surface area contributed by atoms with Gasteiger partial charge in [-0.25, -0.2) is 0 Å². The first-order valence-corrected chi connectivity index (χ1v) is 8.20. The standard InChI is InChI=1S/C14H11Br3O2/c1-18-11-4-5-13(12(17)7-11)19-14-6-10(16)3-2-9(14)8-15/h2-7H,8H2,1H3. The van der Waals surface area contributed by atoms with Crippen LogP contribution in [0.5, 0.6) is 17.2 Å². The van der Waals surface area contributed by atoms with Crippen molar-refractivity contribution in [2.24, 2.45) is 0 Å². The molecule has 2 nitrogen and oxygen atoms in total. The van der Waals surface area contributed by atoms with Crippen LogP contribution in [-0.2, 0) is 5.33 Å². The Hall–Kier alpha value is -0.520. The van der Waals surface area contributed by atoms with Crippen LogP contribution in [-0.4, -0.2) is 7.11 Å². The number of halogens is 3. The molecule has 100 valence electrons. The van der Waals surface area contributed by atoms with E-state index in [1.165, 1.54) is 0 Å². The van der Waals surface area contributed by atoms with Gasteiger partial charge in [-0.1, -0.05) is 37.9 Å². The smallest absolute Gasteiger partial charge is 0.141 e. The Morgan fingerprint density at radius 2 is 1.79 bits per heavy atom. The molecule has 5 heteroatoms. The predicted molar refractivity (Wildman–Crippen MR) is 87.5 cm³/mol. The second kappa shape index (κ2) is 6.77. The van der Waals surface area contributed by atoms with E-state index >= 15 is 0 Å². The highest BCUT2D eigenvalue weighted by Crippen LogP contribution is 2.35. The summed E-state index contributed by atoms with van der Waals surface area (Å²) in [6.07, 6.45) is 0. The van der Waals surface area contributed by atoms with Crippen molar-refractivity contribution in [2.45, 2.75) is 5.33 Å². The molecule has 0 unspecified atom stereocenters. The molecule has 0 bridgehead atoms. The van der Waals surface area contributed by atoms with Gasteiger partial charge in [0, 0.05) is 15.4 Å². The van der Waals surface area contributed by atoms with E-state index in [2.05, 4.69) is 47.8 Å². The molecule has 0 saturated carbocycles. The first-order valence-electron chi connectivity index (χ1n) is 5.50. The lowest BCUT2D eigenvalue weighted by Gasteiger charge is -2.12. The average Bonchev–Trinajstić information content (AvgIpc) is 2.41. The third kappa shape index (κ3) is 3.74. The van der Waals surface area contributed by atoms with Crippen LogP contribution in [0, 0.1) is 0 Å². The number of hydrogen-bond acceptors (Lipinski definition) is 2. The van der Waals surface area contributed by atoms with E-state index in [1.807, 2.05) is 36.4 Å². The summed E-state index contributed by atoms with van der Waals surface area (Å²) in [4.78, 5) is 0. The van der Waals surface area contributed by atoms with Gasteiger partial charge in [-0.05, 0) is 46.3 Å². The first-order chi connectivity index (χ1) is 9.13. The van der Waals surface area contributed by atoms with Crippen LogP contribution in [0.4, 0.5) is 0 Å². The van der Waals surface area contributed by atoms with Crippen molar-refractivity contribution in [1.82, 2.24) is 0 Å². The van der Waals surface area contributed by atoms with Gasteiger partial charge in [-0.3, -0.25) is 0 Å². The number of hydrogen-bond donors (Lipinski definition) is 0. The van der Waals surface area contributed by atoms with Crippen molar-refractivity contribution in [3.05, 3.63) is 50.9 Å². The highest BCUT2D eigenvalue weighted by atomic mass is 79.9. The van der Waals surface area contributed by atoms with E-state index in [0.717, 1.165) is 37.1 Å². The zero-order valence-corrected chi connectivity index (χ0v) is 14.9. The first kappa shape index (κ1) is 14.9. The summed E-state index contributed by atoms with van der Waals surface area (Å²) < 4.78 is 12.9. The average molecular weight is 451 g/mol. The van der Waals surface area contributed by atoms with Crippen LogP contribution in [0.25, 0.3) is 0 Å². The largest absolute Gasteiger partial charge is 0.497 e. The number of benzene rings is 2. The molecule has 0 radical (unpaired) electrons. The van der Waals surface area contributed by atoms with Crippen molar-refractivity contribution < 1.29 is 9.47 Å². The van der Waals surface area contributed by atoms with Crippen LogP contribution in [0.1, 0.15) is 5.56 Å². The van der Waals surface area contributed by atoms with Gasteiger partial charge in [0.2, 0.25) is 0 Å². The highest BCUT2D eigenvalue weighted by Gasteiger charge is 2.08. The Bertz CT molecular complexity index is 585. The summed E-state index contributed by atoms with van der Waals surface area (Å²) in [5.74, 6) is 2.35. The van der Waals surface area contributed by atoms with E-state index in [4.69, 9.17) is 9.47 Å². The molecule has 0 fully saturated rings. The molecular formula is C14H11Br3O2. The van der Waals surface area contributed by atoms with E-state index in [9.17, 15) is 0 Å². The number of alkyl halides is 1. The Labute approximate surface area is 137 Å². The lowest BCUT2D eigenvalue weighted by Crippen LogP contribution is -1.91.